The monoisotopic (exact) mass is 269 g/mol. The van der Waals surface area contributed by atoms with E-state index in [9.17, 15) is 0 Å². The van der Waals surface area contributed by atoms with Crippen molar-refractivity contribution in [3.63, 3.8) is 0 Å². The number of halogens is 1. The second kappa shape index (κ2) is 4.16. The standard InChI is InChI=1S/C10H12BrNOSi/c1-14(2,3)13-10-6-4-5-9(11)8(10)7-12/h4-6H,1-3H3. The number of hydrogen-bond donors (Lipinski definition) is 0. The lowest BCUT2D eigenvalue weighted by atomic mass is 10.2. The largest absolute Gasteiger partial charge is 0.543 e. The van der Waals surface area contributed by atoms with Gasteiger partial charge in [0.2, 0.25) is 8.32 Å². The second-order valence-electron chi connectivity index (χ2n) is 3.94. The molecule has 1 aromatic rings. The average molecular weight is 270 g/mol. The summed E-state index contributed by atoms with van der Waals surface area (Å²) < 4.78 is 6.58. The van der Waals surface area contributed by atoms with Crippen LogP contribution in [0.2, 0.25) is 19.6 Å². The van der Waals surface area contributed by atoms with Crippen molar-refractivity contribution in [2.45, 2.75) is 19.6 Å². The smallest absolute Gasteiger partial charge is 0.242 e. The molecule has 0 heterocycles. The number of benzene rings is 1. The van der Waals surface area contributed by atoms with Crippen LogP contribution in [0.25, 0.3) is 0 Å². The van der Waals surface area contributed by atoms with Crippen LogP contribution in [0.3, 0.4) is 0 Å². The summed E-state index contributed by atoms with van der Waals surface area (Å²) in [6, 6.07) is 7.69. The van der Waals surface area contributed by atoms with Crippen LogP contribution in [0.5, 0.6) is 5.75 Å². The Morgan fingerprint density at radius 2 is 2.00 bits per heavy atom. The van der Waals surface area contributed by atoms with Crippen LogP contribution in [-0.2, 0) is 0 Å². The van der Waals surface area contributed by atoms with Gasteiger partial charge in [-0.3, -0.25) is 0 Å². The normalized spacial score (nSPS) is 10.8. The van der Waals surface area contributed by atoms with Crippen LogP contribution in [0, 0.1) is 11.3 Å². The quantitative estimate of drug-likeness (QED) is 0.770. The van der Waals surface area contributed by atoms with Gasteiger partial charge < -0.3 is 4.43 Å². The summed E-state index contributed by atoms with van der Waals surface area (Å²) in [6.07, 6.45) is 0. The van der Waals surface area contributed by atoms with Gasteiger partial charge in [-0.15, -0.1) is 0 Å². The highest BCUT2D eigenvalue weighted by Crippen LogP contribution is 2.27. The molecule has 0 fully saturated rings. The third-order valence-electron chi connectivity index (χ3n) is 1.50. The van der Waals surface area contributed by atoms with Crippen molar-refractivity contribution in [3.05, 3.63) is 28.2 Å². The molecule has 0 unspecified atom stereocenters. The molecule has 0 spiro atoms. The fraction of sp³-hybridized carbons (Fsp3) is 0.300. The van der Waals surface area contributed by atoms with Crippen molar-refractivity contribution in [2.75, 3.05) is 0 Å². The van der Waals surface area contributed by atoms with Crippen LogP contribution in [-0.4, -0.2) is 8.32 Å². The molecule has 1 aromatic carbocycles. The molecule has 14 heavy (non-hydrogen) atoms. The van der Waals surface area contributed by atoms with E-state index in [-0.39, 0.29) is 0 Å². The number of nitriles is 1. The van der Waals surface area contributed by atoms with Gasteiger partial charge in [0.1, 0.15) is 17.4 Å². The molecule has 0 bridgehead atoms. The van der Waals surface area contributed by atoms with E-state index in [4.69, 9.17) is 9.69 Å². The maximum atomic E-state index is 8.95. The first-order valence-corrected chi connectivity index (χ1v) is 8.52. The molecule has 4 heteroatoms. The minimum absolute atomic E-state index is 0.579. The van der Waals surface area contributed by atoms with Gasteiger partial charge in [-0.2, -0.15) is 5.26 Å². The Morgan fingerprint density at radius 3 is 2.50 bits per heavy atom. The molecule has 0 saturated heterocycles. The van der Waals surface area contributed by atoms with E-state index >= 15 is 0 Å². The van der Waals surface area contributed by atoms with E-state index < -0.39 is 8.32 Å². The molecule has 0 aliphatic rings. The molecule has 0 aromatic heterocycles. The molecular formula is C10H12BrNOSi. The Morgan fingerprint density at radius 1 is 1.36 bits per heavy atom. The summed E-state index contributed by atoms with van der Waals surface area (Å²) in [6.45, 7) is 6.28. The van der Waals surface area contributed by atoms with Crippen LogP contribution in [0.15, 0.2) is 22.7 Å². The predicted octanol–water partition coefficient (Wildman–Crippen LogP) is 3.53. The van der Waals surface area contributed by atoms with Gasteiger partial charge in [-0.05, 0) is 47.7 Å². The van der Waals surface area contributed by atoms with E-state index in [1.807, 2.05) is 18.2 Å². The van der Waals surface area contributed by atoms with Crippen molar-refractivity contribution >= 4 is 24.2 Å². The summed E-state index contributed by atoms with van der Waals surface area (Å²) >= 11 is 3.33. The maximum absolute atomic E-state index is 8.95. The predicted molar refractivity (Wildman–Crippen MR) is 62.8 cm³/mol. The second-order valence-corrected chi connectivity index (χ2v) is 9.22. The molecule has 0 saturated carbocycles. The van der Waals surface area contributed by atoms with Crippen LogP contribution in [0.4, 0.5) is 0 Å². The molecule has 0 amide bonds. The molecular weight excluding hydrogens is 258 g/mol. The fourth-order valence-electron chi connectivity index (χ4n) is 1.03. The zero-order chi connectivity index (χ0) is 10.8. The third kappa shape index (κ3) is 2.86. The highest BCUT2D eigenvalue weighted by Gasteiger charge is 2.18. The first-order valence-electron chi connectivity index (χ1n) is 4.31. The zero-order valence-corrected chi connectivity index (χ0v) is 11.1. The van der Waals surface area contributed by atoms with Crippen LogP contribution >= 0.6 is 15.9 Å². The zero-order valence-electron chi connectivity index (χ0n) is 8.47. The van der Waals surface area contributed by atoms with E-state index in [0.29, 0.717) is 11.3 Å². The highest BCUT2D eigenvalue weighted by atomic mass is 79.9. The first-order chi connectivity index (χ1) is 6.44. The van der Waals surface area contributed by atoms with E-state index in [0.717, 1.165) is 4.47 Å². The van der Waals surface area contributed by atoms with Crippen molar-refractivity contribution < 1.29 is 4.43 Å². The average Bonchev–Trinajstić information content (AvgIpc) is 2.01. The minimum Gasteiger partial charge on any atom is -0.543 e. The molecule has 0 radical (unpaired) electrons. The minimum atomic E-state index is -1.64. The molecule has 2 nitrogen and oxygen atoms in total. The molecule has 0 N–H and O–H groups in total. The summed E-state index contributed by atoms with van der Waals surface area (Å²) in [7, 11) is -1.64. The van der Waals surface area contributed by atoms with Crippen LogP contribution < -0.4 is 4.43 Å². The topological polar surface area (TPSA) is 33.0 Å². The van der Waals surface area contributed by atoms with Gasteiger partial charge in [0, 0.05) is 4.47 Å². The van der Waals surface area contributed by atoms with Gasteiger partial charge >= 0.3 is 0 Å². The van der Waals surface area contributed by atoms with Gasteiger partial charge in [0.05, 0.1) is 0 Å². The van der Waals surface area contributed by atoms with Crippen molar-refractivity contribution in [1.82, 2.24) is 0 Å². The lowest BCUT2D eigenvalue weighted by molar-refractivity contribution is 0.555. The van der Waals surface area contributed by atoms with Gasteiger partial charge in [-0.1, -0.05) is 6.07 Å². The number of rotatable bonds is 2. The van der Waals surface area contributed by atoms with Crippen molar-refractivity contribution in [1.29, 1.82) is 5.26 Å². The Bertz CT molecular complexity index is 379. The van der Waals surface area contributed by atoms with Crippen molar-refractivity contribution in [3.8, 4) is 11.8 Å². The first kappa shape index (κ1) is 11.3. The Labute approximate surface area is 93.8 Å². The van der Waals surface area contributed by atoms with E-state index in [2.05, 4.69) is 41.6 Å². The summed E-state index contributed by atoms with van der Waals surface area (Å²) in [5.41, 5.74) is 0.579. The van der Waals surface area contributed by atoms with Gasteiger partial charge in [0.25, 0.3) is 0 Å². The Hall–Kier alpha value is -0.793. The van der Waals surface area contributed by atoms with Crippen molar-refractivity contribution in [2.24, 2.45) is 0 Å². The third-order valence-corrected chi connectivity index (χ3v) is 3.00. The Balaban J connectivity index is 3.10. The molecule has 0 aliphatic carbocycles. The molecule has 0 aliphatic heterocycles. The molecule has 0 atom stereocenters. The molecule has 1 rings (SSSR count). The number of hydrogen-bond acceptors (Lipinski definition) is 2. The van der Waals surface area contributed by atoms with Crippen LogP contribution in [0.1, 0.15) is 5.56 Å². The van der Waals surface area contributed by atoms with E-state index in [1.165, 1.54) is 0 Å². The molecule has 74 valence electrons. The lowest BCUT2D eigenvalue weighted by Crippen LogP contribution is -2.29. The summed E-state index contributed by atoms with van der Waals surface area (Å²) in [4.78, 5) is 0. The highest BCUT2D eigenvalue weighted by molar-refractivity contribution is 9.10. The number of nitrogens with zero attached hydrogens (tertiary/aromatic N) is 1. The SMILES string of the molecule is C[Si](C)(C)Oc1cccc(Br)c1C#N. The fourth-order valence-corrected chi connectivity index (χ4v) is 2.29. The van der Waals surface area contributed by atoms with E-state index in [1.54, 1.807) is 0 Å². The summed E-state index contributed by atoms with van der Waals surface area (Å²) in [5.74, 6) is 0.682. The maximum Gasteiger partial charge on any atom is 0.242 e. The van der Waals surface area contributed by atoms with Gasteiger partial charge in [0.15, 0.2) is 0 Å². The lowest BCUT2D eigenvalue weighted by Gasteiger charge is -2.20. The van der Waals surface area contributed by atoms with Gasteiger partial charge in [-0.25, -0.2) is 0 Å². The Kier molecular flexibility index (Phi) is 3.35. The summed E-state index contributed by atoms with van der Waals surface area (Å²) in [5, 5.41) is 8.95.